The van der Waals surface area contributed by atoms with E-state index in [9.17, 15) is 9.59 Å². The Bertz CT molecular complexity index is 506. The molecule has 1 aromatic carbocycles. The molecule has 1 amide bonds. The summed E-state index contributed by atoms with van der Waals surface area (Å²) in [6, 6.07) is 5.44. The Labute approximate surface area is 98.1 Å². The highest BCUT2D eigenvalue weighted by atomic mass is 35.5. The molecule has 0 spiro atoms. The summed E-state index contributed by atoms with van der Waals surface area (Å²) in [7, 11) is 0. The molecule has 82 valence electrons. The second-order valence-corrected chi connectivity index (χ2v) is 4.06. The maximum Gasteiger partial charge on any atom is 0.221 e. The molecule has 0 fully saturated rings. The van der Waals surface area contributed by atoms with Gasteiger partial charge in [0.25, 0.3) is 0 Å². The minimum absolute atomic E-state index is 0.118. The number of allylic oxidation sites excluding steroid dienone is 1. The van der Waals surface area contributed by atoms with Crippen molar-refractivity contribution in [3.05, 3.63) is 34.9 Å². The van der Waals surface area contributed by atoms with Crippen LogP contribution in [0.3, 0.4) is 0 Å². The number of anilines is 1. The zero-order valence-electron chi connectivity index (χ0n) is 8.71. The highest BCUT2D eigenvalue weighted by Crippen LogP contribution is 2.35. The van der Waals surface area contributed by atoms with Gasteiger partial charge in [-0.25, -0.2) is 0 Å². The van der Waals surface area contributed by atoms with Gasteiger partial charge in [-0.05, 0) is 23.3 Å². The van der Waals surface area contributed by atoms with Gasteiger partial charge in [0.15, 0.2) is 0 Å². The van der Waals surface area contributed by atoms with E-state index in [-0.39, 0.29) is 5.91 Å². The van der Waals surface area contributed by atoms with E-state index < -0.39 is 0 Å². The Hall–Kier alpha value is -1.61. The first-order chi connectivity index (χ1) is 7.61. The van der Waals surface area contributed by atoms with Gasteiger partial charge >= 0.3 is 0 Å². The van der Waals surface area contributed by atoms with Crippen molar-refractivity contribution in [1.29, 1.82) is 0 Å². The Morgan fingerprint density at radius 2 is 2.25 bits per heavy atom. The number of fused-ring (bicyclic) bond motifs is 1. The van der Waals surface area contributed by atoms with Crippen LogP contribution in [0.1, 0.15) is 18.1 Å². The van der Waals surface area contributed by atoms with Crippen LogP contribution >= 0.6 is 11.6 Å². The van der Waals surface area contributed by atoms with Gasteiger partial charge in [-0.3, -0.25) is 9.59 Å². The lowest BCUT2D eigenvalue weighted by Crippen LogP contribution is -2.05. The molecule has 3 nitrogen and oxygen atoms in total. The number of aldehydes is 1. The third kappa shape index (κ3) is 1.86. The van der Waals surface area contributed by atoms with E-state index in [0.717, 1.165) is 23.1 Å². The molecule has 1 aliphatic carbocycles. The van der Waals surface area contributed by atoms with Crippen molar-refractivity contribution in [3.8, 4) is 0 Å². The van der Waals surface area contributed by atoms with Crippen LogP contribution in [0.2, 0.25) is 0 Å². The summed E-state index contributed by atoms with van der Waals surface area (Å²) in [5.74, 6) is -0.118. The molecule has 0 aromatic heterocycles. The smallest absolute Gasteiger partial charge is 0.221 e. The summed E-state index contributed by atoms with van der Waals surface area (Å²) in [5.41, 5.74) is 3.16. The lowest BCUT2D eigenvalue weighted by molar-refractivity contribution is -0.114. The molecule has 0 saturated carbocycles. The Kier molecular flexibility index (Phi) is 2.79. The first kappa shape index (κ1) is 10.9. The zero-order valence-corrected chi connectivity index (χ0v) is 9.47. The summed E-state index contributed by atoms with van der Waals surface area (Å²) >= 11 is 6.03. The summed E-state index contributed by atoms with van der Waals surface area (Å²) in [6.07, 6.45) is 1.31. The standard InChI is InChI=1S/C12H10ClNO2/c1-7(16)14-10-2-3-11-8(5-10)4-9(6-15)12(11)13/h2-3,5-6H,4H2,1H3,(H,14,16). The molecule has 16 heavy (non-hydrogen) atoms. The van der Waals surface area contributed by atoms with Crippen molar-refractivity contribution in [2.45, 2.75) is 13.3 Å². The number of rotatable bonds is 2. The molecular weight excluding hydrogens is 226 g/mol. The second kappa shape index (κ2) is 4.10. The molecule has 4 heteroatoms. The number of hydrogen-bond donors (Lipinski definition) is 1. The zero-order chi connectivity index (χ0) is 11.7. The minimum Gasteiger partial charge on any atom is -0.326 e. The summed E-state index contributed by atoms with van der Waals surface area (Å²) in [6.45, 7) is 1.45. The van der Waals surface area contributed by atoms with Gasteiger partial charge in [-0.15, -0.1) is 0 Å². The Morgan fingerprint density at radius 3 is 2.88 bits per heavy atom. The fraction of sp³-hybridized carbons (Fsp3) is 0.167. The summed E-state index contributed by atoms with van der Waals surface area (Å²) < 4.78 is 0. The number of benzene rings is 1. The topological polar surface area (TPSA) is 46.2 Å². The minimum atomic E-state index is -0.118. The van der Waals surface area contributed by atoms with E-state index in [4.69, 9.17) is 11.6 Å². The number of halogens is 1. The van der Waals surface area contributed by atoms with E-state index in [1.54, 1.807) is 6.07 Å². The number of amides is 1. The predicted octanol–water partition coefficient (Wildman–Crippen LogP) is 2.35. The molecular formula is C12H10ClNO2. The first-order valence-corrected chi connectivity index (χ1v) is 5.24. The third-order valence-corrected chi connectivity index (χ3v) is 2.91. The molecule has 1 N–H and O–H groups in total. The van der Waals surface area contributed by atoms with Crippen LogP contribution in [-0.2, 0) is 16.0 Å². The molecule has 0 radical (unpaired) electrons. The highest BCUT2D eigenvalue weighted by molar-refractivity contribution is 6.51. The van der Waals surface area contributed by atoms with Gasteiger partial charge in [0, 0.05) is 24.6 Å². The lowest BCUT2D eigenvalue weighted by atomic mass is 10.1. The molecule has 1 aliphatic rings. The quantitative estimate of drug-likeness (QED) is 0.800. The third-order valence-electron chi connectivity index (χ3n) is 2.47. The molecule has 0 bridgehead atoms. The SMILES string of the molecule is CC(=O)Nc1ccc2c(c1)CC(C=O)=C2Cl. The van der Waals surface area contributed by atoms with Crippen LogP contribution in [0.5, 0.6) is 0 Å². The van der Waals surface area contributed by atoms with Gasteiger partial charge in [-0.2, -0.15) is 0 Å². The maximum absolute atomic E-state index is 10.9. The van der Waals surface area contributed by atoms with Crippen molar-refractivity contribution < 1.29 is 9.59 Å². The van der Waals surface area contributed by atoms with E-state index in [1.807, 2.05) is 12.1 Å². The van der Waals surface area contributed by atoms with Gasteiger partial charge in [0.1, 0.15) is 6.29 Å². The van der Waals surface area contributed by atoms with E-state index in [0.29, 0.717) is 17.0 Å². The highest BCUT2D eigenvalue weighted by Gasteiger charge is 2.19. The van der Waals surface area contributed by atoms with Crippen LogP contribution < -0.4 is 5.32 Å². The Morgan fingerprint density at radius 1 is 1.50 bits per heavy atom. The van der Waals surface area contributed by atoms with Crippen LogP contribution in [-0.4, -0.2) is 12.2 Å². The fourth-order valence-electron chi connectivity index (χ4n) is 1.78. The second-order valence-electron chi connectivity index (χ2n) is 3.69. The van der Waals surface area contributed by atoms with Crippen molar-refractivity contribution >= 4 is 34.5 Å². The van der Waals surface area contributed by atoms with Gasteiger partial charge < -0.3 is 5.32 Å². The molecule has 2 rings (SSSR count). The monoisotopic (exact) mass is 235 g/mol. The van der Waals surface area contributed by atoms with Crippen molar-refractivity contribution in [3.63, 3.8) is 0 Å². The predicted molar refractivity (Wildman–Crippen MR) is 63.3 cm³/mol. The molecule has 0 heterocycles. The average Bonchev–Trinajstić information content (AvgIpc) is 2.54. The Balaban J connectivity index is 2.35. The first-order valence-electron chi connectivity index (χ1n) is 4.86. The van der Waals surface area contributed by atoms with E-state index in [1.165, 1.54) is 6.92 Å². The van der Waals surface area contributed by atoms with Crippen LogP contribution in [0.15, 0.2) is 23.8 Å². The number of nitrogens with one attached hydrogen (secondary N) is 1. The van der Waals surface area contributed by atoms with E-state index >= 15 is 0 Å². The fourth-order valence-corrected chi connectivity index (χ4v) is 2.08. The van der Waals surface area contributed by atoms with Gasteiger partial charge in [-0.1, -0.05) is 17.7 Å². The molecule has 0 aliphatic heterocycles. The molecule has 0 atom stereocenters. The number of carbonyl (C=O) groups excluding carboxylic acids is 2. The van der Waals surface area contributed by atoms with Crippen molar-refractivity contribution in [2.24, 2.45) is 0 Å². The molecule has 0 unspecified atom stereocenters. The normalized spacial score (nSPS) is 13.6. The summed E-state index contributed by atoms with van der Waals surface area (Å²) in [4.78, 5) is 21.6. The number of hydrogen-bond acceptors (Lipinski definition) is 2. The van der Waals surface area contributed by atoms with Crippen molar-refractivity contribution in [2.75, 3.05) is 5.32 Å². The summed E-state index contributed by atoms with van der Waals surface area (Å²) in [5, 5.41) is 3.21. The van der Waals surface area contributed by atoms with E-state index in [2.05, 4.69) is 5.32 Å². The lowest BCUT2D eigenvalue weighted by Gasteiger charge is -2.05. The van der Waals surface area contributed by atoms with Crippen LogP contribution in [0.4, 0.5) is 5.69 Å². The molecule has 1 aromatic rings. The van der Waals surface area contributed by atoms with Crippen LogP contribution in [0, 0.1) is 0 Å². The largest absolute Gasteiger partial charge is 0.326 e. The maximum atomic E-state index is 10.9. The van der Waals surface area contributed by atoms with Gasteiger partial charge in [0.05, 0.1) is 5.03 Å². The van der Waals surface area contributed by atoms with Gasteiger partial charge in [0.2, 0.25) is 5.91 Å². The number of carbonyl (C=O) groups is 2. The van der Waals surface area contributed by atoms with Crippen LogP contribution in [0.25, 0.3) is 5.03 Å². The average molecular weight is 236 g/mol. The molecule has 0 saturated heterocycles. The van der Waals surface area contributed by atoms with Crippen molar-refractivity contribution in [1.82, 2.24) is 0 Å².